The fourth-order valence-electron chi connectivity index (χ4n) is 4.41. The Kier molecular flexibility index (Phi) is 8.98. The molecule has 0 bridgehead atoms. The lowest BCUT2D eigenvalue weighted by molar-refractivity contribution is 0.0180. The van der Waals surface area contributed by atoms with Gasteiger partial charge in [-0.3, -0.25) is 9.89 Å². The molecule has 0 amide bonds. The number of aliphatic imine (C=N–C) groups is 1. The molecular weight excluding hydrogens is 503 g/mol. The zero-order chi connectivity index (χ0) is 20.8. The highest BCUT2D eigenvalue weighted by Crippen LogP contribution is 2.28. The van der Waals surface area contributed by atoms with Crippen molar-refractivity contribution in [3.05, 3.63) is 59.2 Å². The van der Waals surface area contributed by atoms with E-state index in [1.54, 1.807) is 7.11 Å². The van der Waals surface area contributed by atoms with Crippen molar-refractivity contribution >= 4 is 35.6 Å². The first-order chi connectivity index (χ1) is 14.7. The van der Waals surface area contributed by atoms with E-state index in [2.05, 4.69) is 40.5 Å². The van der Waals surface area contributed by atoms with Gasteiger partial charge in [-0.15, -0.1) is 24.0 Å². The standard InChI is InChI=1S/C24H32N4O2.HI/c1-29-20-11-9-19(10-12-20)23(28-13-15-30-16-14-28)17-26-24(25)27-22-8-4-6-18-5-2-3-7-21(18)22;/h4,6,8-12,23H,2-3,5,7,13-17H2,1H3,(H3,25,26,27);1H. The third-order valence-electron chi connectivity index (χ3n) is 6.08. The zero-order valence-electron chi connectivity index (χ0n) is 18.2. The molecule has 7 heteroatoms. The van der Waals surface area contributed by atoms with Crippen molar-refractivity contribution in [2.45, 2.75) is 31.7 Å². The van der Waals surface area contributed by atoms with Gasteiger partial charge < -0.3 is 20.5 Å². The van der Waals surface area contributed by atoms with Crippen LogP contribution in [0.1, 0.15) is 35.6 Å². The molecule has 2 aromatic rings. The lowest BCUT2D eigenvalue weighted by Gasteiger charge is -2.34. The van der Waals surface area contributed by atoms with Crippen molar-refractivity contribution in [2.24, 2.45) is 10.7 Å². The summed E-state index contributed by atoms with van der Waals surface area (Å²) in [5.41, 5.74) is 11.5. The van der Waals surface area contributed by atoms with Crippen molar-refractivity contribution < 1.29 is 9.47 Å². The van der Waals surface area contributed by atoms with Gasteiger partial charge in [0, 0.05) is 18.8 Å². The van der Waals surface area contributed by atoms with Crippen LogP contribution in [0, 0.1) is 0 Å². The molecule has 4 rings (SSSR count). The molecule has 6 nitrogen and oxygen atoms in total. The minimum absolute atomic E-state index is 0. The quantitative estimate of drug-likeness (QED) is 0.332. The minimum Gasteiger partial charge on any atom is -0.497 e. The van der Waals surface area contributed by atoms with Gasteiger partial charge in [-0.25, -0.2) is 0 Å². The summed E-state index contributed by atoms with van der Waals surface area (Å²) in [4.78, 5) is 7.16. The lowest BCUT2D eigenvalue weighted by Crippen LogP contribution is -2.40. The predicted octanol–water partition coefficient (Wildman–Crippen LogP) is 3.99. The number of halogens is 1. The number of nitrogens with two attached hydrogens (primary N) is 1. The van der Waals surface area contributed by atoms with Crippen LogP contribution in [0.3, 0.4) is 0 Å². The smallest absolute Gasteiger partial charge is 0.193 e. The summed E-state index contributed by atoms with van der Waals surface area (Å²) in [6.45, 7) is 3.89. The van der Waals surface area contributed by atoms with Crippen molar-refractivity contribution in [3.63, 3.8) is 0 Å². The van der Waals surface area contributed by atoms with Gasteiger partial charge >= 0.3 is 0 Å². The van der Waals surface area contributed by atoms with E-state index in [1.807, 2.05) is 12.1 Å². The molecule has 1 fully saturated rings. The van der Waals surface area contributed by atoms with Gasteiger partial charge in [0.25, 0.3) is 0 Å². The first kappa shape index (κ1) is 23.8. The lowest BCUT2D eigenvalue weighted by atomic mass is 9.90. The third kappa shape index (κ3) is 6.11. The molecule has 1 saturated heterocycles. The molecule has 0 spiro atoms. The van der Waals surface area contributed by atoms with E-state index in [1.165, 1.54) is 29.5 Å². The Bertz CT molecular complexity index is 866. The largest absolute Gasteiger partial charge is 0.497 e. The molecule has 1 aliphatic carbocycles. The van der Waals surface area contributed by atoms with Gasteiger partial charge in [-0.05, 0) is 60.6 Å². The Morgan fingerprint density at radius 3 is 2.61 bits per heavy atom. The van der Waals surface area contributed by atoms with E-state index in [9.17, 15) is 0 Å². The van der Waals surface area contributed by atoms with Crippen LogP contribution in [0.15, 0.2) is 47.5 Å². The van der Waals surface area contributed by atoms with Crippen molar-refractivity contribution in [2.75, 3.05) is 45.3 Å². The van der Waals surface area contributed by atoms with Crippen molar-refractivity contribution in [3.8, 4) is 5.75 Å². The van der Waals surface area contributed by atoms with Crippen LogP contribution in [-0.4, -0.2) is 50.8 Å². The van der Waals surface area contributed by atoms with E-state index in [4.69, 9.17) is 20.2 Å². The number of hydrogen-bond donors (Lipinski definition) is 2. The Balaban J connectivity index is 0.00000272. The van der Waals surface area contributed by atoms with Gasteiger partial charge in [0.1, 0.15) is 5.75 Å². The molecule has 2 aliphatic rings. The molecule has 168 valence electrons. The van der Waals surface area contributed by atoms with Gasteiger partial charge in [0.15, 0.2) is 5.96 Å². The molecule has 31 heavy (non-hydrogen) atoms. The van der Waals surface area contributed by atoms with E-state index in [0.29, 0.717) is 12.5 Å². The molecule has 3 N–H and O–H groups in total. The highest BCUT2D eigenvalue weighted by atomic mass is 127. The SMILES string of the molecule is COc1ccc(C(CN=C(N)Nc2cccc3c2CCCC3)N2CCOCC2)cc1.I. The molecule has 0 saturated carbocycles. The topological polar surface area (TPSA) is 72.1 Å². The monoisotopic (exact) mass is 536 g/mol. The number of methoxy groups -OCH3 is 1. The average molecular weight is 536 g/mol. The molecule has 1 atom stereocenters. The van der Waals surface area contributed by atoms with Crippen LogP contribution in [0.25, 0.3) is 0 Å². The summed E-state index contributed by atoms with van der Waals surface area (Å²) in [7, 11) is 1.69. The molecule has 2 aromatic carbocycles. The van der Waals surface area contributed by atoms with Crippen molar-refractivity contribution in [1.29, 1.82) is 0 Å². The third-order valence-corrected chi connectivity index (χ3v) is 6.08. The first-order valence-electron chi connectivity index (χ1n) is 10.9. The summed E-state index contributed by atoms with van der Waals surface area (Å²) < 4.78 is 10.9. The summed E-state index contributed by atoms with van der Waals surface area (Å²) in [6.07, 6.45) is 4.76. The van der Waals surface area contributed by atoms with E-state index < -0.39 is 0 Å². The van der Waals surface area contributed by atoms with Gasteiger partial charge in [0.05, 0.1) is 32.9 Å². The first-order valence-corrected chi connectivity index (χ1v) is 10.9. The number of aryl methyl sites for hydroxylation is 1. The number of nitrogens with zero attached hydrogens (tertiary/aromatic N) is 2. The summed E-state index contributed by atoms with van der Waals surface area (Å²) in [6, 6.07) is 14.8. The maximum absolute atomic E-state index is 6.32. The number of nitrogens with one attached hydrogen (secondary N) is 1. The second-order valence-corrected chi connectivity index (χ2v) is 7.94. The molecule has 1 aliphatic heterocycles. The summed E-state index contributed by atoms with van der Waals surface area (Å²) >= 11 is 0. The number of ether oxygens (including phenoxy) is 2. The van der Waals surface area contributed by atoms with Crippen LogP contribution in [0.5, 0.6) is 5.75 Å². The van der Waals surface area contributed by atoms with Gasteiger partial charge in [0.2, 0.25) is 0 Å². The number of guanidine groups is 1. The van der Waals surface area contributed by atoms with E-state index in [0.717, 1.165) is 50.6 Å². The Morgan fingerprint density at radius 1 is 1.13 bits per heavy atom. The van der Waals surface area contributed by atoms with Gasteiger partial charge in [-0.1, -0.05) is 24.3 Å². The Labute approximate surface area is 202 Å². The number of morpholine rings is 1. The van der Waals surface area contributed by atoms with Crippen LogP contribution in [0.2, 0.25) is 0 Å². The maximum atomic E-state index is 6.32. The second kappa shape index (κ2) is 11.7. The Hall–Kier alpha value is -1.84. The Morgan fingerprint density at radius 2 is 1.87 bits per heavy atom. The minimum atomic E-state index is 0. The van der Waals surface area contributed by atoms with E-state index in [-0.39, 0.29) is 30.0 Å². The normalized spacial score (nSPS) is 17.9. The number of fused-ring (bicyclic) bond motifs is 1. The summed E-state index contributed by atoms with van der Waals surface area (Å²) in [5.74, 6) is 1.33. The second-order valence-electron chi connectivity index (χ2n) is 7.94. The predicted molar refractivity (Wildman–Crippen MR) is 137 cm³/mol. The molecule has 0 aromatic heterocycles. The maximum Gasteiger partial charge on any atom is 0.193 e. The number of benzene rings is 2. The fraction of sp³-hybridized carbons (Fsp3) is 0.458. The number of rotatable bonds is 6. The molecule has 1 heterocycles. The fourth-order valence-corrected chi connectivity index (χ4v) is 4.41. The van der Waals surface area contributed by atoms with Crippen LogP contribution in [0.4, 0.5) is 5.69 Å². The van der Waals surface area contributed by atoms with Crippen LogP contribution in [-0.2, 0) is 17.6 Å². The number of anilines is 1. The average Bonchev–Trinajstić information content (AvgIpc) is 2.80. The van der Waals surface area contributed by atoms with Crippen LogP contribution < -0.4 is 15.8 Å². The highest BCUT2D eigenvalue weighted by molar-refractivity contribution is 14.0. The van der Waals surface area contributed by atoms with E-state index >= 15 is 0 Å². The molecule has 0 radical (unpaired) electrons. The molecular formula is C24H33IN4O2. The highest BCUT2D eigenvalue weighted by Gasteiger charge is 2.23. The van der Waals surface area contributed by atoms with Crippen molar-refractivity contribution in [1.82, 2.24) is 4.90 Å². The van der Waals surface area contributed by atoms with Crippen LogP contribution >= 0.6 is 24.0 Å². The summed E-state index contributed by atoms with van der Waals surface area (Å²) in [5, 5.41) is 3.36. The number of hydrogen-bond acceptors (Lipinski definition) is 4. The van der Waals surface area contributed by atoms with Gasteiger partial charge in [-0.2, -0.15) is 0 Å². The molecule has 1 unspecified atom stereocenters. The zero-order valence-corrected chi connectivity index (χ0v) is 20.5.